The highest BCUT2D eigenvalue weighted by Gasteiger charge is 2.18. The van der Waals surface area contributed by atoms with Crippen LogP contribution < -0.4 is 4.74 Å². The van der Waals surface area contributed by atoms with Gasteiger partial charge in [-0.25, -0.2) is 0 Å². The van der Waals surface area contributed by atoms with Gasteiger partial charge in [0.2, 0.25) is 0 Å². The molecule has 0 aliphatic carbocycles. The lowest BCUT2D eigenvalue weighted by molar-refractivity contribution is 0.415. The van der Waals surface area contributed by atoms with Crippen LogP contribution in [0.25, 0.3) is 11.4 Å². The Balaban J connectivity index is 1.91. The lowest BCUT2D eigenvalue weighted by atomic mass is 10.2. The molecule has 0 N–H and O–H groups in total. The highest BCUT2D eigenvalue weighted by Crippen LogP contribution is 2.38. The van der Waals surface area contributed by atoms with Gasteiger partial charge < -0.3 is 4.74 Å². The molecule has 6 heteroatoms. The molecule has 26 heavy (non-hydrogen) atoms. The third-order valence-corrected chi connectivity index (χ3v) is 5.47. The van der Waals surface area contributed by atoms with Crippen molar-refractivity contribution < 1.29 is 4.74 Å². The maximum absolute atomic E-state index is 6.33. The van der Waals surface area contributed by atoms with Crippen molar-refractivity contribution in [2.75, 3.05) is 7.11 Å². The van der Waals surface area contributed by atoms with Crippen LogP contribution in [0, 0.1) is 0 Å². The van der Waals surface area contributed by atoms with Gasteiger partial charge in [-0.05, 0) is 42.8 Å². The third kappa shape index (κ3) is 3.94. The maximum Gasteiger partial charge on any atom is 0.192 e. The molecule has 4 nitrogen and oxygen atoms in total. The van der Waals surface area contributed by atoms with Crippen LogP contribution in [0.2, 0.25) is 5.02 Å². The van der Waals surface area contributed by atoms with E-state index in [1.165, 1.54) is 0 Å². The Morgan fingerprint density at radius 3 is 2.58 bits per heavy atom. The summed E-state index contributed by atoms with van der Waals surface area (Å²) in [6.07, 6.45) is 1.85. The second-order valence-electron chi connectivity index (χ2n) is 5.72. The number of aromatic nitrogens is 3. The number of hydrogen-bond donors (Lipinski definition) is 0. The number of methoxy groups -OCH3 is 1. The van der Waals surface area contributed by atoms with Gasteiger partial charge in [0.25, 0.3) is 0 Å². The molecule has 2 aromatic carbocycles. The van der Waals surface area contributed by atoms with Crippen LogP contribution in [0.1, 0.15) is 17.7 Å². The molecular weight excluding hydrogens is 366 g/mol. The molecule has 0 amide bonds. The van der Waals surface area contributed by atoms with E-state index in [1.54, 1.807) is 18.9 Å². The van der Waals surface area contributed by atoms with Crippen LogP contribution in [0.5, 0.6) is 5.75 Å². The van der Waals surface area contributed by atoms with E-state index in [9.17, 15) is 0 Å². The van der Waals surface area contributed by atoms with Crippen molar-refractivity contribution >= 4 is 23.4 Å². The Labute approximate surface area is 162 Å². The lowest BCUT2D eigenvalue weighted by Crippen LogP contribution is -2.02. The molecule has 0 aliphatic heterocycles. The van der Waals surface area contributed by atoms with Gasteiger partial charge in [0.15, 0.2) is 11.0 Å². The first kappa shape index (κ1) is 18.5. The average molecular weight is 386 g/mol. The zero-order valence-electron chi connectivity index (χ0n) is 14.7. The molecule has 134 valence electrons. The molecule has 0 radical (unpaired) electrons. The first-order valence-corrected chi connectivity index (χ1v) is 9.49. The summed E-state index contributed by atoms with van der Waals surface area (Å²) < 4.78 is 7.29. The number of ether oxygens (including phenoxy) is 1. The zero-order valence-corrected chi connectivity index (χ0v) is 16.3. The molecule has 0 unspecified atom stereocenters. The summed E-state index contributed by atoms with van der Waals surface area (Å²) in [5, 5.41) is 10.6. The minimum atomic E-state index is 0.153. The van der Waals surface area contributed by atoms with Gasteiger partial charge in [-0.3, -0.25) is 4.57 Å². The van der Waals surface area contributed by atoms with Gasteiger partial charge in [-0.15, -0.1) is 16.8 Å². The van der Waals surface area contributed by atoms with E-state index >= 15 is 0 Å². The molecule has 1 atom stereocenters. The molecule has 3 aromatic rings. The number of hydrogen-bond acceptors (Lipinski definition) is 4. The van der Waals surface area contributed by atoms with E-state index in [4.69, 9.17) is 16.3 Å². The van der Waals surface area contributed by atoms with Crippen molar-refractivity contribution in [2.45, 2.75) is 23.9 Å². The van der Waals surface area contributed by atoms with E-state index in [0.29, 0.717) is 6.54 Å². The van der Waals surface area contributed by atoms with Crippen LogP contribution in [0.15, 0.2) is 66.3 Å². The van der Waals surface area contributed by atoms with Crippen LogP contribution in [0.3, 0.4) is 0 Å². The Bertz CT molecular complexity index is 892. The standard InChI is InChI=1S/C20H20ClN3OS/c1-4-13-24-19(15-9-11-16(25-3)12-10-15)22-23-20(24)26-14(2)17-7-5-6-8-18(17)21/h4-12,14H,1,13H2,2-3H3/t14-/m1/s1. The third-order valence-electron chi connectivity index (χ3n) is 4.00. The number of allylic oxidation sites excluding steroid dienone is 1. The van der Waals surface area contributed by atoms with Crippen molar-refractivity contribution in [3.8, 4) is 17.1 Å². The molecule has 1 heterocycles. The van der Waals surface area contributed by atoms with Gasteiger partial charge in [0.1, 0.15) is 5.75 Å². The van der Waals surface area contributed by atoms with Gasteiger partial charge in [0, 0.05) is 22.4 Å². The van der Waals surface area contributed by atoms with Crippen molar-refractivity contribution in [3.05, 3.63) is 71.8 Å². The molecule has 3 rings (SSSR count). The van der Waals surface area contributed by atoms with Crippen LogP contribution in [-0.2, 0) is 6.54 Å². The number of rotatable bonds is 7. The predicted octanol–water partition coefficient (Wildman–Crippen LogP) is 5.65. The summed E-state index contributed by atoms with van der Waals surface area (Å²) in [4.78, 5) is 0. The van der Waals surface area contributed by atoms with E-state index in [0.717, 1.165) is 32.9 Å². The Morgan fingerprint density at radius 2 is 1.92 bits per heavy atom. The van der Waals surface area contributed by atoms with Crippen LogP contribution >= 0.6 is 23.4 Å². The fourth-order valence-corrected chi connectivity index (χ4v) is 4.04. The minimum Gasteiger partial charge on any atom is -0.497 e. The van der Waals surface area contributed by atoms with Crippen molar-refractivity contribution in [1.82, 2.24) is 14.8 Å². The summed E-state index contributed by atoms with van der Waals surface area (Å²) in [6.45, 7) is 6.61. The Kier molecular flexibility index (Phi) is 6.01. The lowest BCUT2D eigenvalue weighted by Gasteiger charge is -2.14. The highest BCUT2D eigenvalue weighted by atomic mass is 35.5. The fourth-order valence-electron chi connectivity index (χ4n) is 2.65. The highest BCUT2D eigenvalue weighted by molar-refractivity contribution is 7.99. The predicted molar refractivity (Wildman–Crippen MR) is 108 cm³/mol. The normalized spacial score (nSPS) is 12.0. The van der Waals surface area contributed by atoms with Crippen LogP contribution in [-0.4, -0.2) is 21.9 Å². The quantitative estimate of drug-likeness (QED) is 0.389. The number of benzene rings is 2. The summed E-state index contributed by atoms with van der Waals surface area (Å²) in [5.41, 5.74) is 2.07. The Hall–Kier alpha value is -2.24. The van der Waals surface area contributed by atoms with E-state index in [-0.39, 0.29) is 5.25 Å². The van der Waals surface area contributed by atoms with Crippen LogP contribution in [0.4, 0.5) is 0 Å². The summed E-state index contributed by atoms with van der Waals surface area (Å²) in [6, 6.07) is 15.7. The second-order valence-corrected chi connectivity index (χ2v) is 7.43. The molecule has 0 aliphatic rings. The minimum absolute atomic E-state index is 0.153. The number of nitrogens with zero attached hydrogens (tertiary/aromatic N) is 3. The fraction of sp³-hybridized carbons (Fsp3) is 0.200. The van der Waals surface area contributed by atoms with E-state index < -0.39 is 0 Å². The monoisotopic (exact) mass is 385 g/mol. The summed E-state index contributed by atoms with van der Waals surface area (Å²) >= 11 is 7.96. The summed E-state index contributed by atoms with van der Waals surface area (Å²) in [5.74, 6) is 1.62. The smallest absolute Gasteiger partial charge is 0.192 e. The van der Waals surface area contributed by atoms with Crippen molar-refractivity contribution in [1.29, 1.82) is 0 Å². The molecule has 0 spiro atoms. The molecule has 0 fully saturated rings. The Morgan fingerprint density at radius 1 is 1.19 bits per heavy atom. The van der Waals surface area contributed by atoms with Gasteiger partial charge >= 0.3 is 0 Å². The van der Waals surface area contributed by atoms with Crippen molar-refractivity contribution in [3.63, 3.8) is 0 Å². The van der Waals surface area contributed by atoms with E-state index in [1.807, 2.05) is 54.6 Å². The average Bonchev–Trinajstić information content (AvgIpc) is 3.05. The molecular formula is C20H20ClN3OS. The SMILES string of the molecule is C=CCn1c(S[C@H](C)c2ccccc2Cl)nnc1-c1ccc(OC)cc1. The number of thioether (sulfide) groups is 1. The largest absolute Gasteiger partial charge is 0.497 e. The first-order chi connectivity index (χ1) is 12.6. The molecule has 0 saturated heterocycles. The topological polar surface area (TPSA) is 39.9 Å². The van der Waals surface area contributed by atoms with E-state index in [2.05, 4.69) is 28.3 Å². The molecule has 1 aromatic heterocycles. The zero-order chi connectivity index (χ0) is 18.5. The van der Waals surface area contributed by atoms with Crippen molar-refractivity contribution in [2.24, 2.45) is 0 Å². The second kappa shape index (κ2) is 8.43. The maximum atomic E-state index is 6.33. The number of halogens is 1. The summed E-state index contributed by atoms with van der Waals surface area (Å²) in [7, 11) is 1.65. The first-order valence-electron chi connectivity index (χ1n) is 8.23. The molecule has 0 bridgehead atoms. The van der Waals surface area contributed by atoms with Gasteiger partial charge in [-0.2, -0.15) is 0 Å². The van der Waals surface area contributed by atoms with Gasteiger partial charge in [-0.1, -0.05) is 47.6 Å². The molecule has 0 saturated carbocycles. The van der Waals surface area contributed by atoms with Gasteiger partial charge in [0.05, 0.1) is 7.11 Å².